The lowest BCUT2D eigenvalue weighted by Crippen LogP contribution is -2.49. The van der Waals surface area contributed by atoms with E-state index in [0.717, 1.165) is 31.0 Å². The highest BCUT2D eigenvalue weighted by Crippen LogP contribution is 2.20. The molecule has 3 rings (SSSR count). The van der Waals surface area contributed by atoms with Crippen molar-refractivity contribution < 1.29 is 4.79 Å². The molecule has 30 heavy (non-hydrogen) atoms. The SMILES string of the molecule is CCC(C)c1ccc(NC(N)=NCCC(=O)N2CCN(c3ccccn3)CC2)cc1. The molecule has 3 N–H and O–H groups in total. The Morgan fingerprint density at radius 2 is 1.90 bits per heavy atom. The van der Waals surface area contributed by atoms with Crippen LogP contribution in [0.1, 0.15) is 38.2 Å². The first-order valence-electron chi connectivity index (χ1n) is 10.7. The van der Waals surface area contributed by atoms with Crippen LogP contribution in [0, 0.1) is 0 Å². The third-order valence-corrected chi connectivity index (χ3v) is 5.58. The van der Waals surface area contributed by atoms with E-state index >= 15 is 0 Å². The molecule has 0 radical (unpaired) electrons. The second-order valence-electron chi connectivity index (χ2n) is 7.63. The Morgan fingerprint density at radius 3 is 2.53 bits per heavy atom. The van der Waals surface area contributed by atoms with Gasteiger partial charge in [0.25, 0.3) is 0 Å². The number of pyridine rings is 1. The average Bonchev–Trinajstić information content (AvgIpc) is 2.79. The summed E-state index contributed by atoms with van der Waals surface area (Å²) in [5.74, 6) is 1.95. The van der Waals surface area contributed by atoms with Gasteiger partial charge in [-0.1, -0.05) is 32.0 Å². The van der Waals surface area contributed by atoms with Crippen LogP contribution in [0.15, 0.2) is 53.7 Å². The van der Waals surface area contributed by atoms with Crippen molar-refractivity contribution in [3.8, 4) is 0 Å². The van der Waals surface area contributed by atoms with Gasteiger partial charge in [0.1, 0.15) is 5.82 Å². The lowest BCUT2D eigenvalue weighted by Gasteiger charge is -2.35. The van der Waals surface area contributed by atoms with E-state index in [0.29, 0.717) is 37.9 Å². The maximum atomic E-state index is 12.5. The zero-order chi connectivity index (χ0) is 21.3. The van der Waals surface area contributed by atoms with Crippen molar-refractivity contribution in [3.63, 3.8) is 0 Å². The van der Waals surface area contributed by atoms with E-state index in [2.05, 4.69) is 46.2 Å². The molecule has 7 nitrogen and oxygen atoms in total. The molecule has 1 aliphatic rings. The van der Waals surface area contributed by atoms with Gasteiger partial charge in [-0.2, -0.15) is 0 Å². The van der Waals surface area contributed by atoms with Gasteiger partial charge in [0.15, 0.2) is 5.96 Å². The maximum Gasteiger partial charge on any atom is 0.224 e. The van der Waals surface area contributed by atoms with Gasteiger partial charge in [0.05, 0.1) is 6.54 Å². The summed E-state index contributed by atoms with van der Waals surface area (Å²) < 4.78 is 0. The number of piperazine rings is 1. The number of nitrogens with zero attached hydrogens (tertiary/aromatic N) is 4. The number of aliphatic imine (C=N–C) groups is 1. The van der Waals surface area contributed by atoms with Gasteiger partial charge in [-0.3, -0.25) is 9.79 Å². The van der Waals surface area contributed by atoms with Crippen LogP contribution in [-0.2, 0) is 4.79 Å². The van der Waals surface area contributed by atoms with Gasteiger partial charge in [0.2, 0.25) is 5.91 Å². The van der Waals surface area contributed by atoms with Crippen molar-refractivity contribution in [1.82, 2.24) is 9.88 Å². The summed E-state index contributed by atoms with van der Waals surface area (Å²) in [6.45, 7) is 7.77. The lowest BCUT2D eigenvalue weighted by molar-refractivity contribution is -0.131. The van der Waals surface area contributed by atoms with E-state index in [1.807, 2.05) is 35.2 Å². The van der Waals surface area contributed by atoms with Crippen LogP contribution >= 0.6 is 0 Å². The number of benzene rings is 1. The molecule has 1 saturated heterocycles. The number of hydrogen-bond donors (Lipinski definition) is 2. The summed E-state index contributed by atoms with van der Waals surface area (Å²) in [5.41, 5.74) is 8.19. The van der Waals surface area contributed by atoms with Crippen LogP contribution in [-0.4, -0.2) is 54.5 Å². The lowest BCUT2D eigenvalue weighted by atomic mass is 9.99. The quantitative estimate of drug-likeness (QED) is 0.543. The fraction of sp³-hybridized carbons (Fsp3) is 0.435. The monoisotopic (exact) mass is 408 g/mol. The highest BCUT2D eigenvalue weighted by Gasteiger charge is 2.21. The van der Waals surface area contributed by atoms with Gasteiger partial charge in [-0.15, -0.1) is 0 Å². The molecule has 1 unspecified atom stereocenters. The molecule has 7 heteroatoms. The van der Waals surface area contributed by atoms with E-state index in [-0.39, 0.29) is 5.91 Å². The van der Waals surface area contributed by atoms with E-state index in [1.54, 1.807) is 6.20 Å². The van der Waals surface area contributed by atoms with E-state index < -0.39 is 0 Å². The second kappa shape index (κ2) is 10.6. The van der Waals surface area contributed by atoms with Crippen molar-refractivity contribution in [2.75, 3.05) is 42.9 Å². The maximum absolute atomic E-state index is 12.5. The van der Waals surface area contributed by atoms with Crippen LogP contribution in [0.5, 0.6) is 0 Å². The molecule has 2 heterocycles. The molecule has 2 aromatic rings. The molecule has 160 valence electrons. The Bertz CT molecular complexity index is 829. The highest BCUT2D eigenvalue weighted by atomic mass is 16.2. The fourth-order valence-electron chi connectivity index (χ4n) is 3.47. The number of hydrogen-bond acceptors (Lipinski definition) is 4. The van der Waals surface area contributed by atoms with Crippen LogP contribution in [0.4, 0.5) is 11.5 Å². The predicted octanol–water partition coefficient (Wildman–Crippen LogP) is 3.06. The molecule has 1 fully saturated rings. The molecule has 1 atom stereocenters. The van der Waals surface area contributed by atoms with Crippen LogP contribution < -0.4 is 16.0 Å². The van der Waals surface area contributed by atoms with Gasteiger partial charge < -0.3 is 20.9 Å². The molecule has 1 aliphatic heterocycles. The number of guanidine groups is 1. The zero-order valence-corrected chi connectivity index (χ0v) is 17.9. The summed E-state index contributed by atoms with van der Waals surface area (Å²) in [4.78, 5) is 25.3. The second-order valence-corrected chi connectivity index (χ2v) is 7.63. The topological polar surface area (TPSA) is 86.8 Å². The van der Waals surface area contributed by atoms with Crippen LogP contribution in [0.3, 0.4) is 0 Å². The Balaban J connectivity index is 1.41. The minimum absolute atomic E-state index is 0.116. The number of nitrogens with one attached hydrogen (secondary N) is 1. The van der Waals surface area contributed by atoms with Gasteiger partial charge in [-0.05, 0) is 42.2 Å². The van der Waals surface area contributed by atoms with E-state index in [1.165, 1.54) is 5.56 Å². The van der Waals surface area contributed by atoms with Crippen molar-refractivity contribution in [3.05, 3.63) is 54.2 Å². The molecule has 0 aliphatic carbocycles. The normalized spacial score (nSPS) is 15.7. The summed E-state index contributed by atoms with van der Waals surface area (Å²) in [5, 5.41) is 3.09. The van der Waals surface area contributed by atoms with Crippen LogP contribution in [0.2, 0.25) is 0 Å². The summed E-state index contributed by atoms with van der Waals surface area (Å²) in [6.07, 6.45) is 3.27. The Hall–Kier alpha value is -3.09. The number of aromatic nitrogens is 1. The van der Waals surface area contributed by atoms with Crippen molar-refractivity contribution in [2.45, 2.75) is 32.6 Å². The minimum atomic E-state index is 0.116. The van der Waals surface area contributed by atoms with Crippen LogP contribution in [0.25, 0.3) is 0 Å². The number of rotatable bonds is 7. The first-order chi connectivity index (χ1) is 14.6. The first kappa shape index (κ1) is 21.6. The smallest absolute Gasteiger partial charge is 0.224 e. The Morgan fingerprint density at radius 1 is 1.17 bits per heavy atom. The molecule has 0 spiro atoms. The fourth-order valence-corrected chi connectivity index (χ4v) is 3.47. The molecule has 1 aromatic heterocycles. The Kier molecular flexibility index (Phi) is 7.65. The number of carbonyl (C=O) groups excluding carboxylic acids is 1. The number of carbonyl (C=O) groups is 1. The molecule has 0 bridgehead atoms. The predicted molar refractivity (Wildman–Crippen MR) is 123 cm³/mol. The third-order valence-electron chi connectivity index (χ3n) is 5.58. The molecule has 1 aromatic carbocycles. The highest BCUT2D eigenvalue weighted by molar-refractivity contribution is 5.92. The molecular weight excluding hydrogens is 376 g/mol. The summed E-state index contributed by atoms with van der Waals surface area (Å²) in [6, 6.07) is 14.1. The number of nitrogens with two attached hydrogens (primary N) is 1. The van der Waals surface area contributed by atoms with Gasteiger partial charge >= 0.3 is 0 Å². The Labute approximate surface area is 179 Å². The number of anilines is 2. The van der Waals surface area contributed by atoms with Crippen molar-refractivity contribution >= 4 is 23.4 Å². The van der Waals surface area contributed by atoms with E-state index in [4.69, 9.17) is 5.73 Å². The third kappa shape index (κ3) is 5.95. The van der Waals surface area contributed by atoms with Gasteiger partial charge in [0, 0.05) is 44.5 Å². The molecule has 0 saturated carbocycles. The molecular formula is C23H32N6O. The molecule has 1 amide bonds. The average molecular weight is 409 g/mol. The number of amides is 1. The summed E-state index contributed by atoms with van der Waals surface area (Å²) >= 11 is 0. The largest absolute Gasteiger partial charge is 0.370 e. The minimum Gasteiger partial charge on any atom is -0.370 e. The zero-order valence-electron chi connectivity index (χ0n) is 17.9. The summed E-state index contributed by atoms with van der Waals surface area (Å²) in [7, 11) is 0. The van der Waals surface area contributed by atoms with Gasteiger partial charge in [-0.25, -0.2) is 4.98 Å². The van der Waals surface area contributed by atoms with Crippen molar-refractivity contribution in [2.24, 2.45) is 10.7 Å². The first-order valence-corrected chi connectivity index (χ1v) is 10.7. The van der Waals surface area contributed by atoms with Crippen molar-refractivity contribution in [1.29, 1.82) is 0 Å². The standard InChI is InChI=1S/C23H32N6O/c1-3-18(2)19-7-9-20(10-8-19)27-23(24)26-13-11-22(30)29-16-14-28(15-17-29)21-6-4-5-12-25-21/h4-10,12,18H,3,11,13-17H2,1-2H3,(H3,24,26,27). The van der Waals surface area contributed by atoms with E-state index in [9.17, 15) is 4.79 Å².